The predicted molar refractivity (Wildman–Crippen MR) is 85.9 cm³/mol. The average Bonchev–Trinajstić information content (AvgIpc) is 2.95. The number of halogens is 1. The number of nitrogens with zero attached hydrogens (tertiary/aromatic N) is 2. The first kappa shape index (κ1) is 15.6. The molecule has 0 unspecified atom stereocenters. The Bertz CT molecular complexity index is 922. The van der Waals surface area contributed by atoms with Gasteiger partial charge in [0.2, 0.25) is 10.0 Å². The highest BCUT2D eigenvalue weighted by Crippen LogP contribution is 2.13. The maximum atomic E-state index is 13.1. The van der Waals surface area contributed by atoms with E-state index in [2.05, 4.69) is 9.71 Å². The van der Waals surface area contributed by atoms with E-state index >= 15 is 0 Å². The second-order valence-corrected chi connectivity index (χ2v) is 6.90. The Hall–Kier alpha value is -2.25. The van der Waals surface area contributed by atoms with Crippen LogP contribution in [-0.4, -0.2) is 24.5 Å². The van der Waals surface area contributed by atoms with E-state index in [0.29, 0.717) is 13.0 Å². The van der Waals surface area contributed by atoms with Gasteiger partial charge in [-0.1, -0.05) is 18.2 Å². The molecule has 0 atom stereocenters. The van der Waals surface area contributed by atoms with Crippen molar-refractivity contribution >= 4 is 21.1 Å². The molecule has 120 valence electrons. The topological polar surface area (TPSA) is 64.0 Å². The molecule has 2 aromatic carbocycles. The van der Waals surface area contributed by atoms with Gasteiger partial charge in [-0.3, -0.25) is 0 Å². The monoisotopic (exact) mass is 333 g/mol. The molecule has 3 aromatic rings. The summed E-state index contributed by atoms with van der Waals surface area (Å²) in [5.41, 5.74) is 1.92. The number of imidazole rings is 1. The van der Waals surface area contributed by atoms with Crippen LogP contribution in [-0.2, 0) is 16.6 Å². The smallest absolute Gasteiger partial charge is 0.240 e. The molecule has 1 N–H and O–H groups in total. The van der Waals surface area contributed by atoms with E-state index in [0.717, 1.165) is 17.1 Å². The van der Waals surface area contributed by atoms with E-state index in [1.807, 2.05) is 28.8 Å². The summed E-state index contributed by atoms with van der Waals surface area (Å²) in [6.45, 7) is 0.914. The fraction of sp³-hybridized carbons (Fsp3) is 0.188. The van der Waals surface area contributed by atoms with Crippen LogP contribution in [0, 0.1) is 5.82 Å². The molecule has 0 fully saturated rings. The van der Waals surface area contributed by atoms with E-state index < -0.39 is 15.8 Å². The zero-order chi connectivity index (χ0) is 16.3. The Kier molecular flexibility index (Phi) is 4.40. The van der Waals surface area contributed by atoms with Crippen LogP contribution in [0.4, 0.5) is 4.39 Å². The Labute approximate surface area is 133 Å². The molecule has 1 heterocycles. The largest absolute Gasteiger partial charge is 0.331 e. The number of hydrogen-bond acceptors (Lipinski definition) is 3. The van der Waals surface area contributed by atoms with Gasteiger partial charge in [0.15, 0.2) is 0 Å². The molecule has 0 amide bonds. The van der Waals surface area contributed by atoms with E-state index in [-0.39, 0.29) is 11.4 Å². The molecule has 0 aliphatic heterocycles. The van der Waals surface area contributed by atoms with Crippen LogP contribution >= 0.6 is 0 Å². The number of benzene rings is 2. The third kappa shape index (κ3) is 3.57. The van der Waals surface area contributed by atoms with Gasteiger partial charge in [-0.15, -0.1) is 0 Å². The van der Waals surface area contributed by atoms with Gasteiger partial charge in [-0.2, -0.15) is 0 Å². The van der Waals surface area contributed by atoms with Crippen LogP contribution in [0.15, 0.2) is 59.8 Å². The molecule has 5 nitrogen and oxygen atoms in total. The third-order valence-electron chi connectivity index (χ3n) is 3.50. The summed E-state index contributed by atoms with van der Waals surface area (Å²) < 4.78 is 41.7. The van der Waals surface area contributed by atoms with Crippen molar-refractivity contribution in [2.24, 2.45) is 0 Å². The number of hydrogen-bond donors (Lipinski definition) is 1. The third-order valence-corrected chi connectivity index (χ3v) is 4.96. The predicted octanol–water partition coefficient (Wildman–Crippen LogP) is 2.54. The standard InChI is InChI=1S/C16H16FN3O2S/c17-13-5-3-6-14(11-13)23(21,22)19-9-4-10-20-12-18-15-7-1-2-8-16(15)20/h1-3,5-8,11-12,19H,4,9-10H2. The fourth-order valence-corrected chi connectivity index (χ4v) is 3.47. The second kappa shape index (κ2) is 6.47. The fourth-order valence-electron chi connectivity index (χ4n) is 2.36. The Morgan fingerprint density at radius 3 is 2.78 bits per heavy atom. The molecule has 0 radical (unpaired) electrons. The van der Waals surface area contributed by atoms with E-state index in [1.54, 1.807) is 6.33 Å². The lowest BCUT2D eigenvalue weighted by molar-refractivity contribution is 0.568. The van der Waals surface area contributed by atoms with Crippen LogP contribution in [0.2, 0.25) is 0 Å². The summed E-state index contributed by atoms with van der Waals surface area (Å²) in [7, 11) is -3.68. The number of fused-ring (bicyclic) bond motifs is 1. The number of rotatable bonds is 6. The van der Waals surface area contributed by atoms with E-state index in [4.69, 9.17) is 0 Å². The van der Waals surface area contributed by atoms with Gasteiger partial charge in [-0.05, 0) is 36.8 Å². The molecule has 0 bridgehead atoms. The molecule has 0 aliphatic rings. The lowest BCUT2D eigenvalue weighted by Crippen LogP contribution is -2.25. The first-order valence-corrected chi connectivity index (χ1v) is 8.70. The molecule has 3 rings (SSSR count). The maximum Gasteiger partial charge on any atom is 0.240 e. The summed E-state index contributed by atoms with van der Waals surface area (Å²) in [5.74, 6) is -0.572. The van der Waals surface area contributed by atoms with Crippen LogP contribution in [0.25, 0.3) is 11.0 Å². The molecule has 7 heteroatoms. The van der Waals surface area contributed by atoms with Crippen molar-refractivity contribution in [2.45, 2.75) is 17.9 Å². The SMILES string of the molecule is O=S(=O)(NCCCn1cnc2ccccc21)c1cccc(F)c1. The van der Waals surface area contributed by atoms with Gasteiger partial charge in [0, 0.05) is 13.1 Å². The van der Waals surface area contributed by atoms with Crippen LogP contribution in [0.3, 0.4) is 0 Å². The number of aromatic nitrogens is 2. The first-order chi connectivity index (χ1) is 11.1. The molecule has 23 heavy (non-hydrogen) atoms. The Balaban J connectivity index is 1.59. The van der Waals surface area contributed by atoms with Gasteiger partial charge in [-0.25, -0.2) is 22.5 Å². The van der Waals surface area contributed by atoms with Gasteiger partial charge < -0.3 is 4.57 Å². The molecular weight excluding hydrogens is 317 g/mol. The van der Waals surface area contributed by atoms with Gasteiger partial charge in [0.05, 0.1) is 22.3 Å². The van der Waals surface area contributed by atoms with E-state index in [1.165, 1.54) is 18.2 Å². The van der Waals surface area contributed by atoms with Gasteiger partial charge in [0.25, 0.3) is 0 Å². The van der Waals surface area contributed by atoms with Gasteiger partial charge in [0.1, 0.15) is 5.82 Å². The lowest BCUT2D eigenvalue weighted by Gasteiger charge is -2.08. The van der Waals surface area contributed by atoms with Crippen molar-refractivity contribution in [3.8, 4) is 0 Å². The zero-order valence-corrected chi connectivity index (χ0v) is 13.1. The first-order valence-electron chi connectivity index (χ1n) is 7.21. The Morgan fingerprint density at radius 2 is 1.96 bits per heavy atom. The summed E-state index contributed by atoms with van der Waals surface area (Å²) in [6, 6.07) is 12.7. The minimum absolute atomic E-state index is 0.0643. The number of nitrogens with one attached hydrogen (secondary N) is 1. The minimum atomic E-state index is -3.68. The van der Waals surface area contributed by atoms with Crippen LogP contribution < -0.4 is 4.72 Å². The highest BCUT2D eigenvalue weighted by molar-refractivity contribution is 7.89. The molecular formula is C16H16FN3O2S. The molecule has 1 aromatic heterocycles. The zero-order valence-electron chi connectivity index (χ0n) is 12.3. The van der Waals surface area contributed by atoms with Crippen LogP contribution in [0.1, 0.15) is 6.42 Å². The van der Waals surface area contributed by atoms with Gasteiger partial charge >= 0.3 is 0 Å². The quantitative estimate of drug-likeness (QED) is 0.705. The van der Waals surface area contributed by atoms with Crippen molar-refractivity contribution in [3.63, 3.8) is 0 Å². The number of aryl methyl sites for hydroxylation is 1. The van der Waals surface area contributed by atoms with Crippen molar-refractivity contribution in [2.75, 3.05) is 6.54 Å². The second-order valence-electron chi connectivity index (χ2n) is 5.14. The summed E-state index contributed by atoms with van der Waals surface area (Å²) >= 11 is 0. The maximum absolute atomic E-state index is 13.1. The molecule has 0 saturated carbocycles. The van der Waals surface area contributed by atoms with Crippen molar-refractivity contribution in [1.82, 2.24) is 14.3 Å². The Morgan fingerprint density at radius 1 is 1.13 bits per heavy atom. The summed E-state index contributed by atoms with van der Waals surface area (Å²) in [6.07, 6.45) is 2.35. The van der Waals surface area contributed by atoms with E-state index in [9.17, 15) is 12.8 Å². The molecule has 0 saturated heterocycles. The highest BCUT2D eigenvalue weighted by Gasteiger charge is 2.13. The summed E-state index contributed by atoms with van der Waals surface area (Å²) in [5, 5.41) is 0. The number of para-hydroxylation sites is 2. The molecule has 0 aliphatic carbocycles. The van der Waals surface area contributed by atoms with Crippen molar-refractivity contribution in [3.05, 3.63) is 60.7 Å². The summed E-state index contributed by atoms with van der Waals surface area (Å²) in [4.78, 5) is 4.22. The highest BCUT2D eigenvalue weighted by atomic mass is 32.2. The lowest BCUT2D eigenvalue weighted by atomic mass is 10.3. The number of sulfonamides is 1. The normalized spacial score (nSPS) is 11.9. The van der Waals surface area contributed by atoms with Crippen LogP contribution in [0.5, 0.6) is 0 Å². The van der Waals surface area contributed by atoms with Crippen molar-refractivity contribution < 1.29 is 12.8 Å². The average molecular weight is 333 g/mol. The van der Waals surface area contributed by atoms with Crippen molar-refractivity contribution in [1.29, 1.82) is 0 Å². The minimum Gasteiger partial charge on any atom is -0.331 e. The molecule has 0 spiro atoms.